The average Bonchev–Trinajstić information content (AvgIpc) is 2.33. The van der Waals surface area contributed by atoms with Gasteiger partial charge < -0.3 is 5.32 Å². The zero-order valence-electron chi connectivity index (χ0n) is 10.8. The van der Waals surface area contributed by atoms with Crippen LogP contribution < -0.4 is 5.32 Å². The Hall–Kier alpha value is -0.900. The lowest BCUT2D eigenvalue weighted by atomic mass is 10.1. The molecule has 0 saturated heterocycles. The van der Waals surface area contributed by atoms with Crippen LogP contribution in [0.1, 0.15) is 49.9 Å². The van der Waals surface area contributed by atoms with Crippen LogP contribution in [0.2, 0.25) is 0 Å². The Morgan fingerprint density at radius 1 is 1.44 bits per heavy atom. The standard InChI is InChI=1S/C14H19BrFNO/c1-3-4-5-6-10(2)17-14(18)11-7-8-12(15)13(16)9-11/h7-10H,3-6H2,1-2H3,(H,17,18). The number of unbranched alkanes of at least 4 members (excludes halogenated alkanes) is 2. The van der Waals surface area contributed by atoms with Gasteiger partial charge in [0.2, 0.25) is 0 Å². The predicted octanol–water partition coefficient (Wildman–Crippen LogP) is 4.29. The van der Waals surface area contributed by atoms with Crippen LogP contribution >= 0.6 is 15.9 Å². The minimum absolute atomic E-state index is 0.121. The van der Waals surface area contributed by atoms with E-state index in [1.807, 2.05) is 6.92 Å². The number of hydrogen-bond donors (Lipinski definition) is 1. The van der Waals surface area contributed by atoms with E-state index in [9.17, 15) is 9.18 Å². The Morgan fingerprint density at radius 3 is 2.78 bits per heavy atom. The molecule has 0 aromatic heterocycles. The summed E-state index contributed by atoms with van der Waals surface area (Å²) in [6.07, 6.45) is 4.40. The molecule has 0 radical (unpaired) electrons. The minimum atomic E-state index is -0.415. The van der Waals surface area contributed by atoms with Crippen LogP contribution in [0, 0.1) is 5.82 Å². The van der Waals surface area contributed by atoms with Crippen LogP contribution in [-0.2, 0) is 0 Å². The predicted molar refractivity (Wildman–Crippen MR) is 75.2 cm³/mol. The van der Waals surface area contributed by atoms with Gasteiger partial charge >= 0.3 is 0 Å². The van der Waals surface area contributed by atoms with Crippen molar-refractivity contribution in [2.75, 3.05) is 0 Å². The Morgan fingerprint density at radius 2 is 2.17 bits per heavy atom. The highest BCUT2D eigenvalue weighted by molar-refractivity contribution is 9.10. The van der Waals surface area contributed by atoms with Crippen molar-refractivity contribution in [1.82, 2.24) is 5.32 Å². The highest BCUT2D eigenvalue weighted by atomic mass is 79.9. The van der Waals surface area contributed by atoms with Gasteiger partial charge in [0.1, 0.15) is 5.82 Å². The van der Waals surface area contributed by atoms with Crippen molar-refractivity contribution in [3.8, 4) is 0 Å². The monoisotopic (exact) mass is 315 g/mol. The summed E-state index contributed by atoms with van der Waals surface area (Å²) in [5.41, 5.74) is 0.359. The van der Waals surface area contributed by atoms with Crippen molar-refractivity contribution in [3.05, 3.63) is 34.1 Å². The molecular formula is C14H19BrFNO. The second-order valence-electron chi connectivity index (χ2n) is 4.50. The van der Waals surface area contributed by atoms with Crippen LogP contribution in [0.4, 0.5) is 4.39 Å². The van der Waals surface area contributed by atoms with Gasteiger partial charge in [-0.05, 0) is 47.5 Å². The van der Waals surface area contributed by atoms with Gasteiger partial charge in [0.25, 0.3) is 5.91 Å². The maximum Gasteiger partial charge on any atom is 0.251 e. The molecule has 1 N–H and O–H groups in total. The van der Waals surface area contributed by atoms with Crippen LogP contribution in [0.25, 0.3) is 0 Å². The Labute approximate surface area is 116 Å². The van der Waals surface area contributed by atoms with Crippen molar-refractivity contribution in [2.24, 2.45) is 0 Å². The van der Waals surface area contributed by atoms with E-state index >= 15 is 0 Å². The third-order valence-corrected chi connectivity index (χ3v) is 3.44. The van der Waals surface area contributed by atoms with Crippen molar-refractivity contribution < 1.29 is 9.18 Å². The molecule has 0 aliphatic carbocycles. The number of nitrogens with one attached hydrogen (secondary N) is 1. The van der Waals surface area contributed by atoms with E-state index in [1.165, 1.54) is 18.9 Å². The summed E-state index contributed by atoms with van der Waals surface area (Å²) in [4.78, 5) is 11.9. The first-order chi connectivity index (χ1) is 8.54. The van der Waals surface area contributed by atoms with E-state index in [4.69, 9.17) is 0 Å². The van der Waals surface area contributed by atoms with Gasteiger partial charge in [-0.2, -0.15) is 0 Å². The van der Waals surface area contributed by atoms with Crippen LogP contribution in [0.5, 0.6) is 0 Å². The van der Waals surface area contributed by atoms with Gasteiger partial charge in [0.15, 0.2) is 0 Å². The van der Waals surface area contributed by atoms with E-state index in [0.717, 1.165) is 12.8 Å². The van der Waals surface area contributed by atoms with E-state index in [-0.39, 0.29) is 11.9 Å². The summed E-state index contributed by atoms with van der Waals surface area (Å²) < 4.78 is 13.7. The SMILES string of the molecule is CCCCCC(C)NC(=O)c1ccc(Br)c(F)c1. The zero-order valence-corrected chi connectivity index (χ0v) is 12.4. The van der Waals surface area contributed by atoms with Crippen LogP contribution in [0.3, 0.4) is 0 Å². The van der Waals surface area contributed by atoms with Crippen LogP contribution in [0.15, 0.2) is 22.7 Å². The molecule has 0 bridgehead atoms. The number of rotatable bonds is 6. The molecule has 100 valence electrons. The summed E-state index contributed by atoms with van der Waals surface area (Å²) in [7, 11) is 0. The third-order valence-electron chi connectivity index (χ3n) is 2.80. The van der Waals surface area contributed by atoms with Crippen molar-refractivity contribution in [2.45, 2.75) is 45.6 Å². The Balaban J connectivity index is 2.51. The average molecular weight is 316 g/mol. The molecule has 1 aromatic rings. The number of hydrogen-bond acceptors (Lipinski definition) is 1. The molecule has 0 fully saturated rings. The normalized spacial score (nSPS) is 12.2. The molecule has 1 rings (SSSR count). The quantitative estimate of drug-likeness (QED) is 0.780. The molecule has 2 nitrogen and oxygen atoms in total. The smallest absolute Gasteiger partial charge is 0.251 e. The molecule has 1 unspecified atom stereocenters. The molecule has 1 atom stereocenters. The van der Waals surface area contributed by atoms with Gasteiger partial charge in [0, 0.05) is 11.6 Å². The molecule has 1 aromatic carbocycles. The minimum Gasteiger partial charge on any atom is -0.350 e. The second-order valence-corrected chi connectivity index (χ2v) is 5.35. The zero-order chi connectivity index (χ0) is 13.5. The van der Waals surface area contributed by atoms with Gasteiger partial charge in [-0.15, -0.1) is 0 Å². The first kappa shape index (κ1) is 15.2. The first-order valence-electron chi connectivity index (χ1n) is 6.30. The summed E-state index contributed by atoms with van der Waals surface area (Å²) in [6.45, 7) is 4.12. The van der Waals surface area contributed by atoms with Gasteiger partial charge in [-0.25, -0.2) is 4.39 Å². The molecule has 0 aliphatic rings. The van der Waals surface area contributed by atoms with Gasteiger partial charge in [-0.3, -0.25) is 4.79 Å². The second kappa shape index (κ2) is 7.52. The maximum absolute atomic E-state index is 13.3. The van der Waals surface area contributed by atoms with E-state index in [1.54, 1.807) is 12.1 Å². The number of carbonyl (C=O) groups is 1. The summed E-state index contributed by atoms with van der Waals surface area (Å²) in [5, 5.41) is 2.88. The number of carbonyl (C=O) groups excluding carboxylic acids is 1. The lowest BCUT2D eigenvalue weighted by Gasteiger charge is -2.13. The van der Waals surface area contributed by atoms with E-state index in [2.05, 4.69) is 28.2 Å². The molecular weight excluding hydrogens is 297 g/mol. The number of benzene rings is 1. The maximum atomic E-state index is 13.3. The Bertz CT molecular complexity index is 409. The van der Waals surface area contributed by atoms with E-state index in [0.29, 0.717) is 10.0 Å². The first-order valence-corrected chi connectivity index (χ1v) is 7.09. The van der Waals surface area contributed by atoms with E-state index < -0.39 is 5.82 Å². The van der Waals surface area contributed by atoms with Crippen LogP contribution in [-0.4, -0.2) is 11.9 Å². The van der Waals surface area contributed by atoms with Crippen molar-refractivity contribution >= 4 is 21.8 Å². The summed E-state index contributed by atoms with van der Waals surface area (Å²) in [5.74, 6) is -0.633. The fourth-order valence-corrected chi connectivity index (χ4v) is 1.96. The highest BCUT2D eigenvalue weighted by Gasteiger charge is 2.11. The number of halogens is 2. The lowest BCUT2D eigenvalue weighted by molar-refractivity contribution is 0.0937. The summed E-state index contributed by atoms with van der Waals surface area (Å²) in [6, 6.07) is 4.53. The molecule has 4 heteroatoms. The highest BCUT2D eigenvalue weighted by Crippen LogP contribution is 2.16. The lowest BCUT2D eigenvalue weighted by Crippen LogP contribution is -2.32. The molecule has 18 heavy (non-hydrogen) atoms. The molecule has 0 saturated carbocycles. The fourth-order valence-electron chi connectivity index (χ4n) is 1.72. The fraction of sp³-hybridized carbons (Fsp3) is 0.500. The van der Waals surface area contributed by atoms with Gasteiger partial charge in [0.05, 0.1) is 4.47 Å². The topological polar surface area (TPSA) is 29.1 Å². The number of amides is 1. The molecule has 1 amide bonds. The largest absolute Gasteiger partial charge is 0.350 e. The molecule has 0 aliphatic heterocycles. The van der Waals surface area contributed by atoms with Crippen molar-refractivity contribution in [3.63, 3.8) is 0 Å². The Kier molecular flexibility index (Phi) is 6.33. The third kappa shape index (κ3) is 4.77. The van der Waals surface area contributed by atoms with Gasteiger partial charge in [-0.1, -0.05) is 26.2 Å². The molecule has 0 spiro atoms. The molecule has 0 heterocycles. The summed E-state index contributed by atoms with van der Waals surface area (Å²) >= 11 is 3.06. The van der Waals surface area contributed by atoms with Crippen molar-refractivity contribution in [1.29, 1.82) is 0 Å².